The van der Waals surface area contributed by atoms with E-state index in [9.17, 15) is 14.7 Å². The van der Waals surface area contributed by atoms with E-state index < -0.39 is 34.7 Å². The van der Waals surface area contributed by atoms with Gasteiger partial charge in [-0.2, -0.15) is 0 Å². The quantitative estimate of drug-likeness (QED) is 0.658. The second kappa shape index (κ2) is 9.13. The van der Waals surface area contributed by atoms with Crippen LogP contribution in [0.2, 0.25) is 0 Å². The average Bonchev–Trinajstić information content (AvgIpc) is 3.31. The maximum Gasteiger partial charge on any atom is 0.408 e. The van der Waals surface area contributed by atoms with Crippen LogP contribution in [0, 0.1) is 5.41 Å². The number of amides is 1. The molecule has 1 aromatic heterocycles. The van der Waals surface area contributed by atoms with Crippen molar-refractivity contribution in [3.8, 4) is 0 Å². The van der Waals surface area contributed by atoms with Gasteiger partial charge in [0.25, 0.3) is 0 Å². The first-order chi connectivity index (χ1) is 15.3. The monoisotopic (exact) mass is 458 g/mol. The standard InChI is InChI=1S/C24H34N4O5/c1-22(2,3)24(12-19(28(16-24)21(30)31)20(29)33-23(4,5)6)32-15-18-14-27(26-25-18)13-17-10-8-7-9-11-17/h7-11,14,19H,12-13,15-16H2,1-6H3,(H,30,31). The molecule has 180 valence electrons. The highest BCUT2D eigenvalue weighted by Crippen LogP contribution is 2.45. The van der Waals surface area contributed by atoms with Gasteiger partial charge in [0.05, 0.1) is 31.5 Å². The lowest BCUT2D eigenvalue weighted by Crippen LogP contribution is -2.48. The number of carbonyl (C=O) groups is 2. The predicted octanol–water partition coefficient (Wildman–Crippen LogP) is 3.72. The molecule has 2 atom stereocenters. The Balaban J connectivity index is 1.77. The third-order valence-electron chi connectivity index (χ3n) is 5.89. The Hall–Kier alpha value is -2.94. The summed E-state index contributed by atoms with van der Waals surface area (Å²) in [6.45, 7) is 12.0. The molecule has 0 aliphatic carbocycles. The van der Waals surface area contributed by atoms with E-state index in [1.54, 1.807) is 25.5 Å². The number of benzene rings is 1. The Morgan fingerprint density at radius 2 is 1.82 bits per heavy atom. The van der Waals surface area contributed by atoms with Gasteiger partial charge in [-0.15, -0.1) is 5.10 Å². The van der Waals surface area contributed by atoms with Crippen molar-refractivity contribution in [1.29, 1.82) is 0 Å². The molecule has 0 bridgehead atoms. The molecule has 9 heteroatoms. The van der Waals surface area contributed by atoms with Gasteiger partial charge in [-0.3, -0.25) is 4.90 Å². The Bertz CT molecular complexity index is 977. The van der Waals surface area contributed by atoms with E-state index in [1.807, 2.05) is 57.3 Å². The van der Waals surface area contributed by atoms with E-state index in [4.69, 9.17) is 9.47 Å². The molecule has 0 spiro atoms. The Kier molecular flexibility index (Phi) is 6.83. The van der Waals surface area contributed by atoms with Crippen molar-refractivity contribution in [3.05, 3.63) is 47.8 Å². The van der Waals surface area contributed by atoms with Gasteiger partial charge in [0.2, 0.25) is 0 Å². The van der Waals surface area contributed by atoms with Crippen LogP contribution in [0.1, 0.15) is 59.2 Å². The summed E-state index contributed by atoms with van der Waals surface area (Å²) in [7, 11) is 0. The molecule has 1 N–H and O–H groups in total. The molecule has 1 aliphatic heterocycles. The largest absolute Gasteiger partial charge is 0.465 e. The lowest BCUT2D eigenvalue weighted by Gasteiger charge is -2.41. The molecular formula is C24H34N4O5. The highest BCUT2D eigenvalue weighted by Gasteiger charge is 2.56. The van der Waals surface area contributed by atoms with E-state index in [-0.39, 0.29) is 19.6 Å². The molecule has 1 amide bonds. The molecule has 2 aromatic rings. The highest BCUT2D eigenvalue weighted by molar-refractivity contribution is 5.82. The van der Waals surface area contributed by atoms with Crippen LogP contribution in [0.15, 0.2) is 36.5 Å². The fourth-order valence-electron chi connectivity index (χ4n) is 3.98. The van der Waals surface area contributed by atoms with Gasteiger partial charge < -0.3 is 14.6 Å². The third kappa shape index (κ3) is 5.90. The third-order valence-corrected chi connectivity index (χ3v) is 5.89. The van der Waals surface area contributed by atoms with Crippen LogP contribution in [0.5, 0.6) is 0 Å². The molecule has 2 unspecified atom stereocenters. The maximum atomic E-state index is 12.8. The fraction of sp³-hybridized carbons (Fsp3) is 0.583. The second-order valence-electron chi connectivity index (χ2n) is 10.6. The van der Waals surface area contributed by atoms with Crippen molar-refractivity contribution in [2.24, 2.45) is 5.41 Å². The van der Waals surface area contributed by atoms with Crippen molar-refractivity contribution < 1.29 is 24.2 Å². The minimum Gasteiger partial charge on any atom is -0.465 e. The fourth-order valence-corrected chi connectivity index (χ4v) is 3.98. The van der Waals surface area contributed by atoms with Crippen LogP contribution < -0.4 is 0 Å². The Morgan fingerprint density at radius 1 is 1.15 bits per heavy atom. The summed E-state index contributed by atoms with van der Waals surface area (Å²) >= 11 is 0. The van der Waals surface area contributed by atoms with Crippen molar-refractivity contribution in [2.75, 3.05) is 6.54 Å². The first-order valence-corrected chi connectivity index (χ1v) is 11.1. The van der Waals surface area contributed by atoms with Crippen LogP contribution in [-0.4, -0.2) is 60.9 Å². The summed E-state index contributed by atoms with van der Waals surface area (Å²) in [5.41, 5.74) is -0.314. The topological polar surface area (TPSA) is 107 Å². The zero-order chi connectivity index (χ0) is 24.4. The van der Waals surface area contributed by atoms with Crippen LogP contribution in [0.3, 0.4) is 0 Å². The molecule has 0 radical (unpaired) electrons. The predicted molar refractivity (Wildman–Crippen MR) is 122 cm³/mol. The zero-order valence-electron chi connectivity index (χ0n) is 20.2. The number of carboxylic acid groups (broad SMARTS) is 1. The van der Waals surface area contributed by atoms with Gasteiger partial charge in [-0.05, 0) is 31.7 Å². The molecule has 2 heterocycles. The first-order valence-electron chi connectivity index (χ1n) is 11.1. The molecule has 1 aromatic carbocycles. The minimum absolute atomic E-state index is 0.0634. The van der Waals surface area contributed by atoms with Crippen molar-refractivity contribution in [1.82, 2.24) is 19.9 Å². The second-order valence-corrected chi connectivity index (χ2v) is 10.6. The van der Waals surface area contributed by atoms with Gasteiger partial charge in [-0.25, -0.2) is 14.3 Å². The first kappa shape index (κ1) is 24.7. The number of hydrogen-bond donors (Lipinski definition) is 1. The Morgan fingerprint density at radius 3 is 2.39 bits per heavy atom. The summed E-state index contributed by atoms with van der Waals surface area (Å²) < 4.78 is 13.6. The summed E-state index contributed by atoms with van der Waals surface area (Å²) in [5.74, 6) is -0.562. The van der Waals surface area contributed by atoms with Crippen molar-refractivity contribution >= 4 is 12.1 Å². The number of hydrogen-bond acceptors (Lipinski definition) is 6. The number of carbonyl (C=O) groups excluding carboxylic acids is 1. The zero-order valence-corrected chi connectivity index (χ0v) is 20.2. The van der Waals surface area contributed by atoms with Crippen LogP contribution >= 0.6 is 0 Å². The lowest BCUT2D eigenvalue weighted by molar-refractivity contribution is -0.160. The maximum absolute atomic E-state index is 12.8. The molecule has 9 nitrogen and oxygen atoms in total. The Labute approximate surface area is 194 Å². The van der Waals surface area contributed by atoms with E-state index >= 15 is 0 Å². The minimum atomic E-state index is -1.17. The van der Waals surface area contributed by atoms with Crippen LogP contribution in [-0.2, 0) is 27.4 Å². The number of esters is 1. The normalized spacial score (nSPS) is 21.3. The van der Waals surface area contributed by atoms with Gasteiger partial charge in [0.1, 0.15) is 17.3 Å². The molecule has 1 saturated heterocycles. The number of ether oxygens (including phenoxy) is 2. The summed E-state index contributed by atoms with van der Waals surface area (Å²) in [5, 5.41) is 18.2. The number of rotatable bonds is 6. The molecular weight excluding hydrogens is 424 g/mol. The number of nitrogens with zero attached hydrogens (tertiary/aromatic N) is 4. The van der Waals surface area contributed by atoms with E-state index in [2.05, 4.69) is 10.3 Å². The molecule has 33 heavy (non-hydrogen) atoms. The van der Waals surface area contributed by atoms with Crippen LogP contribution in [0.25, 0.3) is 0 Å². The molecule has 1 fully saturated rings. The SMILES string of the molecule is CC(C)(C)OC(=O)C1CC(OCc2cn(Cc3ccccc3)nn2)(C(C)(C)C)CN1C(=O)O. The smallest absolute Gasteiger partial charge is 0.408 e. The van der Waals surface area contributed by atoms with Gasteiger partial charge in [0, 0.05) is 6.42 Å². The van der Waals surface area contributed by atoms with Crippen LogP contribution in [0.4, 0.5) is 4.79 Å². The molecule has 3 rings (SSSR count). The van der Waals surface area contributed by atoms with Gasteiger partial charge in [0.15, 0.2) is 0 Å². The van der Waals surface area contributed by atoms with E-state index in [1.165, 1.54) is 0 Å². The summed E-state index contributed by atoms with van der Waals surface area (Å²) in [6, 6.07) is 9.00. The average molecular weight is 459 g/mol. The molecule has 0 saturated carbocycles. The van der Waals surface area contributed by atoms with Gasteiger partial charge in [-0.1, -0.05) is 56.3 Å². The van der Waals surface area contributed by atoms with Crippen molar-refractivity contribution in [3.63, 3.8) is 0 Å². The lowest BCUT2D eigenvalue weighted by atomic mass is 9.74. The van der Waals surface area contributed by atoms with E-state index in [0.29, 0.717) is 12.2 Å². The highest BCUT2D eigenvalue weighted by atomic mass is 16.6. The van der Waals surface area contributed by atoms with Crippen molar-refractivity contribution in [2.45, 2.75) is 78.4 Å². The van der Waals surface area contributed by atoms with E-state index in [0.717, 1.165) is 10.5 Å². The number of likely N-dealkylation sites (tertiary alicyclic amines) is 1. The number of aromatic nitrogens is 3. The van der Waals surface area contributed by atoms with Gasteiger partial charge >= 0.3 is 12.1 Å². The summed E-state index contributed by atoms with van der Waals surface area (Å²) in [6.07, 6.45) is 0.850. The summed E-state index contributed by atoms with van der Waals surface area (Å²) in [4.78, 5) is 25.9. The molecule has 1 aliphatic rings.